The van der Waals surface area contributed by atoms with Gasteiger partial charge in [-0.15, -0.1) is 5.10 Å². The van der Waals surface area contributed by atoms with E-state index >= 15 is 0 Å². The zero-order chi connectivity index (χ0) is 21.1. The van der Waals surface area contributed by atoms with E-state index in [1.54, 1.807) is 44.3 Å². The number of ether oxygens (including phenoxy) is 1. The van der Waals surface area contributed by atoms with Crippen LogP contribution in [0.1, 0.15) is 11.5 Å². The molecule has 4 rings (SSSR count). The monoisotopic (exact) mass is 430 g/mol. The average molecular weight is 430 g/mol. The summed E-state index contributed by atoms with van der Waals surface area (Å²) in [5.74, 6) is 0.847. The van der Waals surface area contributed by atoms with Gasteiger partial charge in [-0.05, 0) is 38.1 Å². The fourth-order valence-corrected chi connectivity index (χ4v) is 4.64. The number of sulfonamides is 1. The summed E-state index contributed by atoms with van der Waals surface area (Å²) in [4.78, 5) is 2.25. The maximum atomic E-state index is 12.6. The third kappa shape index (κ3) is 4.36. The molecule has 2 aromatic heterocycles. The van der Waals surface area contributed by atoms with Crippen molar-refractivity contribution in [1.82, 2.24) is 15.4 Å². The second-order valence-electron chi connectivity index (χ2n) is 6.86. The van der Waals surface area contributed by atoms with Crippen molar-refractivity contribution in [3.8, 4) is 0 Å². The van der Waals surface area contributed by atoms with E-state index in [0.29, 0.717) is 30.4 Å². The van der Waals surface area contributed by atoms with Gasteiger partial charge in [-0.1, -0.05) is 5.16 Å². The number of hydrogen-bond donors (Lipinski definition) is 2. The molecule has 30 heavy (non-hydrogen) atoms. The Labute approximate surface area is 174 Å². The van der Waals surface area contributed by atoms with Crippen LogP contribution in [0.5, 0.6) is 0 Å². The molecule has 1 saturated heterocycles. The van der Waals surface area contributed by atoms with E-state index < -0.39 is 10.0 Å². The number of morpholine rings is 1. The highest BCUT2D eigenvalue weighted by Gasteiger charge is 2.24. The van der Waals surface area contributed by atoms with Crippen LogP contribution in [0.25, 0.3) is 0 Å². The van der Waals surface area contributed by atoms with E-state index in [9.17, 15) is 8.42 Å². The summed E-state index contributed by atoms with van der Waals surface area (Å²) >= 11 is 0. The van der Waals surface area contributed by atoms with Crippen LogP contribution >= 0.6 is 0 Å². The smallest absolute Gasteiger partial charge is 0.267 e. The van der Waals surface area contributed by atoms with Crippen LogP contribution in [0.4, 0.5) is 22.9 Å². The fraction of sp³-hybridized carbons (Fsp3) is 0.316. The Morgan fingerprint density at radius 2 is 1.77 bits per heavy atom. The van der Waals surface area contributed by atoms with Crippen LogP contribution in [0, 0.1) is 13.8 Å². The first-order valence-electron chi connectivity index (χ1n) is 9.40. The predicted molar refractivity (Wildman–Crippen MR) is 112 cm³/mol. The second-order valence-corrected chi connectivity index (χ2v) is 8.48. The molecule has 11 heteroatoms. The van der Waals surface area contributed by atoms with E-state index in [1.165, 1.54) is 0 Å². The molecule has 1 aromatic carbocycles. The highest BCUT2D eigenvalue weighted by Crippen LogP contribution is 2.25. The number of hydrogen-bond acceptors (Lipinski definition) is 9. The Morgan fingerprint density at radius 3 is 2.43 bits per heavy atom. The summed E-state index contributed by atoms with van der Waals surface area (Å²) < 4.78 is 38.1. The van der Waals surface area contributed by atoms with Gasteiger partial charge in [0.2, 0.25) is 0 Å². The number of nitrogens with zero attached hydrogens (tertiary/aromatic N) is 4. The zero-order valence-corrected chi connectivity index (χ0v) is 17.4. The van der Waals surface area contributed by atoms with E-state index in [1.807, 2.05) is 6.07 Å². The number of benzene rings is 1. The highest BCUT2D eigenvalue weighted by molar-refractivity contribution is 7.92. The summed E-state index contributed by atoms with van der Waals surface area (Å²) in [6.45, 7) is 6.15. The van der Waals surface area contributed by atoms with Gasteiger partial charge in [0.05, 0.1) is 25.1 Å². The van der Waals surface area contributed by atoms with Crippen molar-refractivity contribution in [2.75, 3.05) is 41.2 Å². The third-order valence-electron chi connectivity index (χ3n) is 4.66. The second kappa shape index (κ2) is 8.28. The topological polar surface area (TPSA) is 122 Å². The third-order valence-corrected chi connectivity index (χ3v) is 6.29. The number of rotatable bonds is 6. The van der Waals surface area contributed by atoms with Crippen LogP contribution in [0.2, 0.25) is 0 Å². The van der Waals surface area contributed by atoms with Crippen molar-refractivity contribution >= 4 is 32.9 Å². The van der Waals surface area contributed by atoms with Crippen LogP contribution < -0.4 is 14.9 Å². The van der Waals surface area contributed by atoms with Crippen LogP contribution in [0.3, 0.4) is 0 Å². The standard InChI is InChI=1S/C19H22N6O4S/c1-13-19(14(2)29-23-13)30(26,27)24-16-5-3-15(4-6-16)21-18-11-17(12-20-22-18)25-7-9-28-10-8-25/h3-6,11-12,24H,7-10H2,1-2H3,(H,21,22). The van der Waals surface area contributed by atoms with E-state index in [-0.39, 0.29) is 10.7 Å². The first kappa shape index (κ1) is 20.1. The van der Waals surface area contributed by atoms with Crippen molar-refractivity contribution in [2.45, 2.75) is 18.7 Å². The molecule has 10 nitrogen and oxygen atoms in total. The van der Waals surface area contributed by atoms with Gasteiger partial charge in [0.1, 0.15) is 5.69 Å². The Bertz CT molecular complexity index is 1100. The minimum atomic E-state index is -3.79. The minimum Gasteiger partial charge on any atom is -0.378 e. The number of aromatic nitrogens is 3. The van der Waals surface area contributed by atoms with E-state index in [4.69, 9.17) is 9.26 Å². The summed E-state index contributed by atoms with van der Waals surface area (Å²) in [7, 11) is -3.79. The quantitative estimate of drug-likeness (QED) is 0.607. The Balaban J connectivity index is 1.45. The van der Waals surface area contributed by atoms with Crippen LogP contribution in [-0.4, -0.2) is 50.1 Å². The Morgan fingerprint density at radius 1 is 1.07 bits per heavy atom. The Hall–Kier alpha value is -3.18. The number of anilines is 4. The molecule has 3 heterocycles. The fourth-order valence-electron chi connectivity index (χ4n) is 3.25. The van der Waals surface area contributed by atoms with Crippen LogP contribution in [-0.2, 0) is 14.8 Å². The first-order valence-corrected chi connectivity index (χ1v) is 10.9. The van der Waals surface area contributed by atoms with Crippen molar-refractivity contribution in [3.05, 3.63) is 48.0 Å². The molecule has 0 bridgehead atoms. The largest absolute Gasteiger partial charge is 0.378 e. The lowest BCUT2D eigenvalue weighted by Crippen LogP contribution is -2.36. The molecule has 0 spiro atoms. The van der Waals surface area contributed by atoms with E-state index in [0.717, 1.165) is 24.5 Å². The molecule has 3 aromatic rings. The van der Waals surface area contributed by atoms with Gasteiger partial charge in [-0.3, -0.25) is 4.72 Å². The van der Waals surface area contributed by atoms with Gasteiger partial charge in [0.15, 0.2) is 16.5 Å². The number of nitrogens with one attached hydrogen (secondary N) is 2. The summed E-state index contributed by atoms with van der Waals surface area (Å²) in [6.07, 6.45) is 1.73. The molecule has 1 aliphatic heterocycles. The molecule has 1 fully saturated rings. The van der Waals surface area contributed by atoms with Crippen molar-refractivity contribution in [2.24, 2.45) is 0 Å². The van der Waals surface area contributed by atoms with Crippen molar-refractivity contribution in [1.29, 1.82) is 0 Å². The van der Waals surface area contributed by atoms with Gasteiger partial charge < -0.3 is 19.5 Å². The lowest BCUT2D eigenvalue weighted by molar-refractivity contribution is 0.122. The van der Waals surface area contributed by atoms with Gasteiger partial charge in [-0.2, -0.15) is 5.10 Å². The Kier molecular flexibility index (Phi) is 5.55. The predicted octanol–water partition coefficient (Wildman–Crippen LogP) is 2.46. The molecular weight excluding hydrogens is 408 g/mol. The number of aryl methyl sites for hydroxylation is 2. The maximum Gasteiger partial charge on any atom is 0.267 e. The SMILES string of the molecule is Cc1noc(C)c1S(=O)(=O)Nc1ccc(Nc2cc(N3CCOCC3)cnn2)cc1. The highest BCUT2D eigenvalue weighted by atomic mass is 32.2. The molecule has 0 atom stereocenters. The molecular formula is C19H22N6O4S. The molecule has 0 radical (unpaired) electrons. The summed E-state index contributed by atoms with van der Waals surface area (Å²) in [6, 6.07) is 8.77. The van der Waals surface area contributed by atoms with Gasteiger partial charge in [0, 0.05) is 30.5 Å². The summed E-state index contributed by atoms with van der Waals surface area (Å²) in [5, 5.41) is 15.1. The van der Waals surface area contributed by atoms with Crippen molar-refractivity contribution in [3.63, 3.8) is 0 Å². The van der Waals surface area contributed by atoms with Gasteiger partial charge in [0.25, 0.3) is 10.0 Å². The molecule has 2 N–H and O–H groups in total. The van der Waals surface area contributed by atoms with Crippen molar-refractivity contribution < 1.29 is 17.7 Å². The molecule has 0 saturated carbocycles. The first-order chi connectivity index (χ1) is 14.4. The lowest BCUT2D eigenvalue weighted by atomic mass is 10.3. The molecule has 158 valence electrons. The van der Waals surface area contributed by atoms with E-state index in [2.05, 4.69) is 30.3 Å². The van der Waals surface area contributed by atoms with Gasteiger partial charge >= 0.3 is 0 Å². The normalized spacial score (nSPS) is 14.5. The summed E-state index contributed by atoms with van der Waals surface area (Å²) in [5.41, 5.74) is 2.47. The molecule has 0 unspecified atom stereocenters. The average Bonchev–Trinajstić information content (AvgIpc) is 3.09. The molecule has 0 aliphatic carbocycles. The zero-order valence-electron chi connectivity index (χ0n) is 16.6. The maximum absolute atomic E-state index is 12.6. The van der Waals surface area contributed by atoms with Crippen LogP contribution in [0.15, 0.2) is 45.9 Å². The van der Waals surface area contributed by atoms with Gasteiger partial charge in [-0.25, -0.2) is 8.42 Å². The lowest BCUT2D eigenvalue weighted by Gasteiger charge is -2.28. The minimum absolute atomic E-state index is 0.0555. The molecule has 0 amide bonds. The molecule has 1 aliphatic rings.